The van der Waals surface area contributed by atoms with Crippen molar-refractivity contribution < 1.29 is 28.6 Å². The highest BCUT2D eigenvalue weighted by Gasteiger charge is 2.33. The summed E-state index contributed by atoms with van der Waals surface area (Å²) in [6.45, 7) is 6.43. The maximum atomic E-state index is 13.4. The quantitative estimate of drug-likeness (QED) is 0.0383. The molecule has 0 aliphatic rings. The van der Waals surface area contributed by atoms with Crippen molar-refractivity contribution in [2.75, 3.05) is 0 Å². The lowest BCUT2D eigenvalue weighted by Gasteiger charge is -2.33. The number of rotatable bonds is 17. The molecule has 0 unspecified atom stereocenters. The van der Waals surface area contributed by atoms with E-state index in [2.05, 4.69) is 75.7 Å². The molecule has 0 heterocycles. The maximum absolute atomic E-state index is 13.4. The lowest BCUT2D eigenvalue weighted by atomic mass is 9.70. The standard InChI is InChI=1S/C68H52N6O6/c1-67(2,51-29-41-61(42-30-51)78-64(75)47-19-35-58(36-20-47)72-69-55-13-7-4-8-14-55)50-25-27-52(28-26-50)68(3,53-31-43-62(44-32-53)79-65(76)48-21-37-59(38-22-48)73-70-56-15-9-5-10-16-56)54-33-45-63(46-34-54)80-66(77)49-23-39-60(40-24-49)74-71-57-17-11-6-12-18-57/h4-46H,1-3H3/b72-69+,73-70+,74-71+. The molecule has 0 fully saturated rings. The first kappa shape index (κ1) is 52.8. The fourth-order valence-electron chi connectivity index (χ4n) is 8.86. The fourth-order valence-corrected chi connectivity index (χ4v) is 8.86. The van der Waals surface area contributed by atoms with Gasteiger partial charge in [-0.1, -0.05) is 129 Å². The second-order valence-corrected chi connectivity index (χ2v) is 19.3. The number of azo groups is 3. The van der Waals surface area contributed by atoms with Gasteiger partial charge in [-0.2, -0.15) is 30.7 Å². The Labute approximate surface area is 463 Å². The average Bonchev–Trinajstić information content (AvgIpc) is 3.55. The number of nitrogens with zero attached hydrogens (tertiary/aromatic N) is 6. The number of hydrogen-bond donors (Lipinski definition) is 0. The third kappa shape index (κ3) is 12.8. The molecule has 0 aromatic heterocycles. The van der Waals surface area contributed by atoms with E-state index in [9.17, 15) is 14.4 Å². The molecule has 0 amide bonds. The highest BCUT2D eigenvalue weighted by Crippen LogP contribution is 2.42. The van der Waals surface area contributed by atoms with Crippen LogP contribution in [0.1, 0.15) is 79.7 Å². The summed E-state index contributed by atoms with van der Waals surface area (Å²) >= 11 is 0. The molecular formula is C68H52N6O6. The molecule has 0 N–H and O–H groups in total. The normalized spacial score (nSPS) is 11.7. The second kappa shape index (κ2) is 24.2. The van der Waals surface area contributed by atoms with E-state index in [-0.39, 0.29) is 0 Å². The summed E-state index contributed by atoms with van der Waals surface area (Å²) < 4.78 is 17.5. The van der Waals surface area contributed by atoms with Gasteiger partial charge in [-0.15, -0.1) is 0 Å². The summed E-state index contributed by atoms with van der Waals surface area (Å²) in [4.78, 5) is 39.9. The van der Waals surface area contributed by atoms with Crippen LogP contribution in [-0.4, -0.2) is 17.9 Å². The van der Waals surface area contributed by atoms with Gasteiger partial charge >= 0.3 is 17.9 Å². The number of esters is 3. The Morgan fingerprint density at radius 2 is 0.475 bits per heavy atom. The average molecular weight is 1050 g/mol. The Balaban J connectivity index is 0.853. The largest absolute Gasteiger partial charge is 0.423 e. The Bertz CT molecular complexity index is 3670. The van der Waals surface area contributed by atoms with Crippen LogP contribution in [-0.2, 0) is 10.8 Å². The Kier molecular flexibility index (Phi) is 16.0. The third-order valence-electron chi connectivity index (χ3n) is 13.7. The minimum absolute atomic E-state index is 0.365. The van der Waals surface area contributed by atoms with Crippen molar-refractivity contribution in [2.24, 2.45) is 30.7 Å². The summed E-state index contributed by atoms with van der Waals surface area (Å²) in [6.07, 6.45) is 0. The van der Waals surface area contributed by atoms with Crippen molar-refractivity contribution in [1.82, 2.24) is 0 Å². The van der Waals surface area contributed by atoms with Gasteiger partial charge in [0.2, 0.25) is 0 Å². The first-order valence-corrected chi connectivity index (χ1v) is 25.8. The van der Waals surface area contributed by atoms with Crippen LogP contribution < -0.4 is 14.2 Å². The van der Waals surface area contributed by atoms with Crippen LogP contribution >= 0.6 is 0 Å². The van der Waals surface area contributed by atoms with Gasteiger partial charge in [0.05, 0.1) is 50.8 Å². The predicted octanol–water partition coefficient (Wildman–Crippen LogP) is 18.3. The lowest BCUT2D eigenvalue weighted by Crippen LogP contribution is -2.26. The van der Waals surface area contributed by atoms with Crippen LogP contribution in [0.15, 0.2) is 292 Å². The SMILES string of the molecule is CC(C)(c1ccc(OC(=O)c2ccc(/N=N/c3ccccc3)cc2)cc1)c1ccc(C(C)(c2ccc(OC(=O)c3ccc(/N=N/c4ccccc4)cc3)cc2)c2ccc(OC(=O)c3ccc(/N=N/c4ccccc4)cc3)cc2)cc1. The van der Waals surface area contributed by atoms with E-state index in [1.807, 2.05) is 127 Å². The molecule has 0 bridgehead atoms. The lowest BCUT2D eigenvalue weighted by molar-refractivity contribution is 0.0725. The third-order valence-corrected chi connectivity index (χ3v) is 13.7. The molecule has 10 aromatic carbocycles. The zero-order valence-corrected chi connectivity index (χ0v) is 44.0. The summed E-state index contributed by atoms with van der Waals surface area (Å²) in [7, 11) is 0. The van der Waals surface area contributed by atoms with Crippen LogP contribution in [0.3, 0.4) is 0 Å². The van der Waals surface area contributed by atoms with Gasteiger partial charge in [-0.3, -0.25) is 0 Å². The van der Waals surface area contributed by atoms with E-state index in [0.29, 0.717) is 51.0 Å². The zero-order chi connectivity index (χ0) is 55.3. The first-order valence-electron chi connectivity index (χ1n) is 25.8. The molecule has 0 aliphatic heterocycles. The predicted molar refractivity (Wildman–Crippen MR) is 310 cm³/mol. The van der Waals surface area contributed by atoms with E-state index in [1.54, 1.807) is 109 Å². The van der Waals surface area contributed by atoms with E-state index >= 15 is 0 Å². The molecule has 10 aromatic rings. The number of ether oxygens (including phenoxy) is 3. The molecule has 0 aliphatic carbocycles. The maximum Gasteiger partial charge on any atom is 0.343 e. The number of benzene rings is 10. The molecule has 0 saturated carbocycles. The minimum Gasteiger partial charge on any atom is -0.423 e. The molecule has 0 atom stereocenters. The van der Waals surface area contributed by atoms with Gasteiger partial charge < -0.3 is 14.2 Å². The van der Waals surface area contributed by atoms with E-state index in [0.717, 1.165) is 44.9 Å². The molecular weight excluding hydrogens is 997 g/mol. The molecule has 0 radical (unpaired) electrons. The van der Waals surface area contributed by atoms with Crippen molar-refractivity contribution in [3.63, 3.8) is 0 Å². The van der Waals surface area contributed by atoms with Crippen molar-refractivity contribution in [2.45, 2.75) is 31.6 Å². The number of hydrogen-bond acceptors (Lipinski definition) is 12. The Hall–Kier alpha value is -10.6. The van der Waals surface area contributed by atoms with Crippen molar-refractivity contribution in [3.8, 4) is 17.2 Å². The topological polar surface area (TPSA) is 153 Å². The molecule has 12 nitrogen and oxygen atoms in total. The zero-order valence-electron chi connectivity index (χ0n) is 44.0. The Morgan fingerprint density at radius 3 is 0.738 bits per heavy atom. The summed E-state index contributed by atoms with van der Waals surface area (Å²) in [5.41, 5.74) is 8.82. The van der Waals surface area contributed by atoms with Gasteiger partial charge in [0.15, 0.2) is 0 Å². The molecule has 80 heavy (non-hydrogen) atoms. The van der Waals surface area contributed by atoms with Crippen LogP contribution in [0.25, 0.3) is 0 Å². The van der Waals surface area contributed by atoms with Gasteiger partial charge in [-0.05, 0) is 180 Å². The number of carbonyl (C=O) groups excluding carboxylic acids is 3. The molecule has 12 heteroatoms. The van der Waals surface area contributed by atoms with Gasteiger partial charge in [0.1, 0.15) is 17.2 Å². The smallest absolute Gasteiger partial charge is 0.343 e. The van der Waals surface area contributed by atoms with Crippen LogP contribution in [0.2, 0.25) is 0 Å². The van der Waals surface area contributed by atoms with E-state index in [4.69, 9.17) is 14.2 Å². The summed E-state index contributed by atoms with van der Waals surface area (Å²) in [6, 6.07) is 79.5. The van der Waals surface area contributed by atoms with Crippen molar-refractivity contribution >= 4 is 52.0 Å². The first-order chi connectivity index (χ1) is 39.0. The monoisotopic (exact) mass is 1050 g/mol. The Morgan fingerprint density at radius 1 is 0.263 bits per heavy atom. The van der Waals surface area contributed by atoms with Crippen molar-refractivity contribution in [1.29, 1.82) is 0 Å². The highest BCUT2D eigenvalue weighted by atomic mass is 16.5. The van der Waals surface area contributed by atoms with E-state index in [1.165, 1.54) is 0 Å². The number of carbonyl (C=O) groups is 3. The molecule has 0 spiro atoms. The van der Waals surface area contributed by atoms with Crippen LogP contribution in [0.4, 0.5) is 34.1 Å². The molecule has 390 valence electrons. The fraction of sp³-hybridized carbons (Fsp3) is 0.0735. The van der Waals surface area contributed by atoms with Gasteiger partial charge in [0.25, 0.3) is 0 Å². The van der Waals surface area contributed by atoms with Crippen molar-refractivity contribution in [3.05, 3.63) is 305 Å². The summed E-state index contributed by atoms with van der Waals surface area (Å²) in [5.74, 6) is -0.342. The summed E-state index contributed by atoms with van der Waals surface area (Å²) in [5, 5.41) is 25.6. The second-order valence-electron chi connectivity index (χ2n) is 19.3. The van der Waals surface area contributed by atoms with Gasteiger partial charge in [-0.25, -0.2) is 14.4 Å². The molecule has 0 saturated heterocycles. The van der Waals surface area contributed by atoms with Gasteiger partial charge in [0, 0.05) is 10.8 Å². The van der Waals surface area contributed by atoms with Crippen LogP contribution in [0, 0.1) is 0 Å². The van der Waals surface area contributed by atoms with E-state index < -0.39 is 28.7 Å². The highest BCUT2D eigenvalue weighted by molar-refractivity contribution is 5.92. The molecule has 10 rings (SSSR count). The van der Waals surface area contributed by atoms with Crippen LogP contribution in [0.5, 0.6) is 17.2 Å². The minimum atomic E-state index is -0.750.